The summed E-state index contributed by atoms with van der Waals surface area (Å²) < 4.78 is 2.59. The molecule has 0 unspecified atom stereocenters. The van der Waals surface area contributed by atoms with Gasteiger partial charge in [-0.05, 0) is 68.4 Å². The topological polar surface area (TPSA) is 109 Å². The minimum absolute atomic E-state index is 0.162. The molecule has 0 amide bonds. The van der Waals surface area contributed by atoms with Crippen molar-refractivity contribution in [3.8, 4) is 0 Å². The van der Waals surface area contributed by atoms with Gasteiger partial charge in [0.2, 0.25) is 11.9 Å². The van der Waals surface area contributed by atoms with Gasteiger partial charge < -0.3 is 16.0 Å². The van der Waals surface area contributed by atoms with Crippen LogP contribution in [0.3, 0.4) is 0 Å². The fraction of sp³-hybridized carbons (Fsp3) is 0.524. The number of hydrogen-bond donors (Lipinski definition) is 2. The molecular weight excluding hydrogens is 382 g/mol. The summed E-state index contributed by atoms with van der Waals surface area (Å²) in [4.78, 5) is 17.4. The summed E-state index contributed by atoms with van der Waals surface area (Å²) in [7, 11) is 0. The van der Waals surface area contributed by atoms with Crippen molar-refractivity contribution in [1.29, 1.82) is 0 Å². The summed E-state index contributed by atoms with van der Waals surface area (Å²) in [5, 5.41) is 0.555. The number of fused-ring (bicyclic) bond motifs is 1. The summed E-state index contributed by atoms with van der Waals surface area (Å²) >= 11 is 1.53. The molecule has 4 saturated carbocycles. The molecule has 1 aromatic carbocycles. The highest BCUT2D eigenvalue weighted by Crippen LogP contribution is 2.59. The van der Waals surface area contributed by atoms with Crippen molar-refractivity contribution in [2.75, 3.05) is 11.5 Å². The highest BCUT2D eigenvalue weighted by molar-refractivity contribution is 7.98. The maximum absolute atomic E-state index is 5.75. The molecule has 4 aliphatic carbocycles. The van der Waals surface area contributed by atoms with Crippen molar-refractivity contribution in [3.63, 3.8) is 0 Å². The molecule has 0 radical (unpaired) electrons. The highest BCUT2D eigenvalue weighted by Gasteiger charge is 2.52. The van der Waals surface area contributed by atoms with E-state index < -0.39 is 0 Å². The summed E-state index contributed by atoms with van der Waals surface area (Å²) in [6, 6.07) is 8.56. The predicted octanol–water partition coefficient (Wildman–Crippen LogP) is 3.60. The largest absolute Gasteiger partial charge is 0.368 e. The first-order valence-electron chi connectivity index (χ1n) is 10.4. The lowest BCUT2D eigenvalue weighted by molar-refractivity contribution is -0.0420. The Morgan fingerprint density at radius 1 is 0.897 bits per heavy atom. The highest BCUT2D eigenvalue weighted by atomic mass is 32.2. The van der Waals surface area contributed by atoms with E-state index in [-0.39, 0.29) is 17.4 Å². The second kappa shape index (κ2) is 6.32. The molecule has 8 heteroatoms. The molecule has 2 aromatic heterocycles. The van der Waals surface area contributed by atoms with Gasteiger partial charge in [0.05, 0.1) is 16.8 Å². The van der Waals surface area contributed by atoms with E-state index >= 15 is 0 Å². The summed E-state index contributed by atoms with van der Waals surface area (Å²) in [6.45, 7) is 0. The van der Waals surface area contributed by atoms with Crippen LogP contribution in [0.4, 0.5) is 11.9 Å². The molecular formula is C21H25N7S. The maximum Gasteiger partial charge on any atom is 0.225 e. The number of aromatic nitrogens is 5. The summed E-state index contributed by atoms with van der Waals surface area (Å²) in [5.74, 6) is 4.77. The van der Waals surface area contributed by atoms with Crippen LogP contribution in [0.2, 0.25) is 0 Å². The van der Waals surface area contributed by atoms with Gasteiger partial charge in [-0.1, -0.05) is 23.9 Å². The van der Waals surface area contributed by atoms with Crippen LogP contribution in [0, 0.1) is 17.8 Å². The van der Waals surface area contributed by atoms with Crippen molar-refractivity contribution in [1.82, 2.24) is 24.5 Å². The number of nitrogens with two attached hydrogens (primary N) is 2. The summed E-state index contributed by atoms with van der Waals surface area (Å²) in [5.41, 5.74) is 14.1. The number of rotatable bonds is 4. The lowest BCUT2D eigenvalue weighted by atomic mass is 9.53. The normalized spacial score (nSPS) is 30.3. The molecule has 3 aromatic rings. The Labute approximate surface area is 173 Å². The Balaban J connectivity index is 1.41. The van der Waals surface area contributed by atoms with Gasteiger partial charge in [0.1, 0.15) is 5.82 Å². The van der Waals surface area contributed by atoms with Crippen LogP contribution in [0.15, 0.2) is 29.4 Å². The Hall–Kier alpha value is -2.35. The fourth-order valence-corrected chi connectivity index (χ4v) is 7.39. The molecule has 7 rings (SSSR count). The molecule has 4 bridgehead atoms. The van der Waals surface area contributed by atoms with E-state index in [4.69, 9.17) is 16.5 Å². The zero-order valence-electron chi connectivity index (χ0n) is 16.3. The molecule has 4 fully saturated rings. The molecule has 4 aliphatic rings. The third-order valence-corrected chi connectivity index (χ3v) is 7.93. The third kappa shape index (κ3) is 2.87. The lowest BCUT2D eigenvalue weighted by Gasteiger charge is -2.57. The van der Waals surface area contributed by atoms with Crippen LogP contribution in [0.5, 0.6) is 0 Å². The quantitative estimate of drug-likeness (QED) is 0.636. The van der Waals surface area contributed by atoms with E-state index in [9.17, 15) is 0 Å². The molecule has 0 saturated heterocycles. The molecule has 7 nitrogen and oxygen atoms in total. The van der Waals surface area contributed by atoms with Crippen molar-refractivity contribution < 1.29 is 0 Å². The van der Waals surface area contributed by atoms with E-state index in [0.717, 1.165) is 29.1 Å². The standard InChI is InChI=1S/C21H25N7S/c22-18-25-19(23)27-20(26-18)29-11-17-24-15-3-1-2-4-16(15)28(17)21-8-12-5-13(9-21)7-14(6-12)10-21/h1-4,12-14H,5-11H2,(H4,22,23,25,26,27). The number of imidazole rings is 1. The van der Waals surface area contributed by atoms with Crippen molar-refractivity contribution >= 4 is 34.7 Å². The zero-order chi connectivity index (χ0) is 19.6. The van der Waals surface area contributed by atoms with Crippen LogP contribution in [0.25, 0.3) is 11.0 Å². The van der Waals surface area contributed by atoms with Gasteiger partial charge in [0, 0.05) is 5.54 Å². The number of nitrogens with zero attached hydrogens (tertiary/aromatic N) is 5. The minimum Gasteiger partial charge on any atom is -0.368 e. The van der Waals surface area contributed by atoms with Crippen LogP contribution in [0.1, 0.15) is 44.3 Å². The number of para-hydroxylation sites is 2. The van der Waals surface area contributed by atoms with Crippen LogP contribution >= 0.6 is 11.8 Å². The average molecular weight is 408 g/mol. The maximum atomic E-state index is 5.75. The Kier molecular flexibility index (Phi) is 3.82. The Morgan fingerprint density at radius 3 is 2.17 bits per heavy atom. The number of nitrogen functional groups attached to an aromatic ring is 2. The average Bonchev–Trinajstić information content (AvgIpc) is 3.04. The second-order valence-electron chi connectivity index (χ2n) is 9.12. The molecule has 150 valence electrons. The molecule has 4 N–H and O–H groups in total. The van der Waals surface area contributed by atoms with E-state index in [1.54, 1.807) is 0 Å². The number of thioether (sulfide) groups is 1. The monoisotopic (exact) mass is 407 g/mol. The van der Waals surface area contributed by atoms with Crippen LogP contribution in [-0.4, -0.2) is 24.5 Å². The van der Waals surface area contributed by atoms with Crippen molar-refractivity contribution in [2.24, 2.45) is 17.8 Å². The fourth-order valence-electron chi connectivity index (χ4n) is 6.62. The molecule has 2 heterocycles. The van der Waals surface area contributed by atoms with E-state index in [2.05, 4.69) is 43.8 Å². The lowest BCUT2D eigenvalue weighted by Crippen LogP contribution is -2.52. The smallest absolute Gasteiger partial charge is 0.225 e. The first-order valence-corrected chi connectivity index (χ1v) is 11.4. The molecule has 0 atom stereocenters. The first kappa shape index (κ1) is 17.5. The van der Waals surface area contributed by atoms with Crippen LogP contribution < -0.4 is 11.5 Å². The Morgan fingerprint density at radius 2 is 1.52 bits per heavy atom. The third-order valence-electron chi connectivity index (χ3n) is 7.09. The number of anilines is 2. The zero-order valence-corrected chi connectivity index (χ0v) is 17.1. The van der Waals surface area contributed by atoms with Gasteiger partial charge in [-0.3, -0.25) is 0 Å². The van der Waals surface area contributed by atoms with Gasteiger partial charge in [0.15, 0.2) is 5.16 Å². The Bertz CT molecular complexity index is 1040. The van der Waals surface area contributed by atoms with Crippen molar-refractivity contribution in [3.05, 3.63) is 30.1 Å². The SMILES string of the molecule is Nc1nc(N)nc(SCc2nc3ccccc3n2C23CC4CC(CC(C4)C2)C3)n1. The number of hydrogen-bond acceptors (Lipinski definition) is 7. The van der Waals surface area contributed by atoms with Gasteiger partial charge in [-0.25, -0.2) is 4.98 Å². The molecule has 0 spiro atoms. The second-order valence-corrected chi connectivity index (χ2v) is 10.1. The number of benzene rings is 1. The van der Waals surface area contributed by atoms with E-state index in [1.807, 2.05) is 0 Å². The van der Waals surface area contributed by atoms with Gasteiger partial charge >= 0.3 is 0 Å². The van der Waals surface area contributed by atoms with Gasteiger partial charge in [0.25, 0.3) is 0 Å². The first-order chi connectivity index (χ1) is 14.1. The molecule has 29 heavy (non-hydrogen) atoms. The predicted molar refractivity (Wildman–Crippen MR) is 114 cm³/mol. The molecule has 0 aliphatic heterocycles. The van der Waals surface area contributed by atoms with Crippen LogP contribution in [-0.2, 0) is 11.3 Å². The van der Waals surface area contributed by atoms with Gasteiger partial charge in [-0.15, -0.1) is 0 Å². The minimum atomic E-state index is 0.162. The van der Waals surface area contributed by atoms with E-state index in [1.165, 1.54) is 55.8 Å². The summed E-state index contributed by atoms with van der Waals surface area (Å²) in [6.07, 6.45) is 8.17. The van der Waals surface area contributed by atoms with Crippen molar-refractivity contribution in [2.45, 2.75) is 55.0 Å². The van der Waals surface area contributed by atoms with E-state index in [0.29, 0.717) is 10.9 Å². The van der Waals surface area contributed by atoms with Gasteiger partial charge in [-0.2, -0.15) is 15.0 Å².